The topological polar surface area (TPSA) is 99.2 Å². The summed E-state index contributed by atoms with van der Waals surface area (Å²) in [4.78, 5) is 48.5. The van der Waals surface area contributed by atoms with Crippen molar-refractivity contribution in [3.05, 3.63) is 0 Å². The molecule has 0 heterocycles. The van der Waals surface area contributed by atoms with Crippen LogP contribution in [-0.4, -0.2) is 68.5 Å². The average molecular weight is 654 g/mol. The van der Waals surface area contributed by atoms with E-state index in [-0.39, 0.29) is 36.5 Å². The van der Waals surface area contributed by atoms with Crippen LogP contribution in [0.15, 0.2) is 0 Å². The van der Waals surface area contributed by atoms with Gasteiger partial charge < -0.3 is 23.9 Å². The van der Waals surface area contributed by atoms with Crippen LogP contribution >= 0.6 is 0 Å². The van der Waals surface area contributed by atoms with E-state index in [2.05, 4.69) is 18.7 Å². The zero-order chi connectivity index (χ0) is 33.9. The van der Waals surface area contributed by atoms with Crippen molar-refractivity contribution >= 4 is 24.2 Å². The molecule has 0 saturated carbocycles. The maximum absolute atomic E-state index is 12.9. The minimum Gasteiger partial charge on any atom is -0.468 e. The summed E-state index contributed by atoms with van der Waals surface area (Å²) < 4.78 is 15.8. The summed E-state index contributed by atoms with van der Waals surface area (Å²) >= 11 is 0. The van der Waals surface area contributed by atoms with Crippen molar-refractivity contribution in [3.8, 4) is 0 Å². The van der Waals surface area contributed by atoms with E-state index in [0.29, 0.717) is 26.3 Å². The van der Waals surface area contributed by atoms with Gasteiger partial charge in [0.05, 0.1) is 32.2 Å². The molecule has 8 heteroatoms. The van der Waals surface area contributed by atoms with E-state index in [4.69, 9.17) is 14.2 Å². The number of hydrogen-bond acceptors (Lipinski definition) is 8. The molecule has 0 aromatic rings. The Labute approximate surface area is 282 Å². The molecule has 0 amide bonds. The number of Topliss-reactive ketones (excluding diaryl/α,β-unsaturated/α-hetero) is 1. The highest BCUT2D eigenvalue weighted by Gasteiger charge is 2.19. The first-order chi connectivity index (χ1) is 22.4. The predicted molar refractivity (Wildman–Crippen MR) is 187 cm³/mol. The molecule has 0 aromatic heterocycles. The van der Waals surface area contributed by atoms with E-state index in [9.17, 15) is 19.2 Å². The van der Waals surface area contributed by atoms with Crippen LogP contribution in [0.5, 0.6) is 0 Å². The Morgan fingerprint density at radius 3 is 1.61 bits per heavy atom. The molecule has 0 radical (unpaired) electrons. The quantitative estimate of drug-likeness (QED) is 0.0286. The summed E-state index contributed by atoms with van der Waals surface area (Å²) in [5.41, 5.74) is 0. The predicted octanol–water partition coefficient (Wildman–Crippen LogP) is 9.16. The van der Waals surface area contributed by atoms with Crippen molar-refractivity contribution in [2.75, 3.05) is 39.5 Å². The number of ether oxygens (including phenoxy) is 3. The highest BCUT2D eigenvalue weighted by Crippen LogP contribution is 2.21. The molecule has 0 aliphatic rings. The maximum atomic E-state index is 12.9. The van der Waals surface area contributed by atoms with Crippen molar-refractivity contribution in [2.45, 2.75) is 175 Å². The molecule has 270 valence electrons. The van der Waals surface area contributed by atoms with Gasteiger partial charge in [-0.15, -0.1) is 0 Å². The minimum absolute atomic E-state index is 0.00507. The summed E-state index contributed by atoms with van der Waals surface area (Å²) in [6.45, 7) is 10.9. The number of esters is 2. The van der Waals surface area contributed by atoms with Crippen LogP contribution in [0, 0.1) is 5.92 Å². The first-order valence-electron chi connectivity index (χ1n) is 19.0. The van der Waals surface area contributed by atoms with Gasteiger partial charge >= 0.3 is 11.9 Å². The SMILES string of the molecule is CCCCCCCCC(CCCCCC)C(=O)OCCCCCCN(CCCCCCOC=O)CCCCOC(=O)CCC(C)=O. The van der Waals surface area contributed by atoms with Crippen LogP contribution in [0.4, 0.5) is 0 Å². The Morgan fingerprint density at radius 2 is 1.02 bits per heavy atom. The second-order valence-electron chi connectivity index (χ2n) is 13.0. The van der Waals surface area contributed by atoms with Crippen LogP contribution in [0.1, 0.15) is 175 Å². The third-order valence-electron chi connectivity index (χ3n) is 8.63. The molecule has 0 fully saturated rings. The molecule has 0 rings (SSSR count). The lowest BCUT2D eigenvalue weighted by Gasteiger charge is -2.22. The van der Waals surface area contributed by atoms with Gasteiger partial charge in [0.15, 0.2) is 0 Å². The van der Waals surface area contributed by atoms with E-state index in [1.165, 1.54) is 58.3 Å². The fraction of sp³-hybridized carbons (Fsp3) is 0.895. The molecule has 0 aromatic carbocycles. The van der Waals surface area contributed by atoms with Crippen molar-refractivity contribution in [2.24, 2.45) is 5.92 Å². The first kappa shape index (κ1) is 44.0. The van der Waals surface area contributed by atoms with E-state index >= 15 is 0 Å². The highest BCUT2D eigenvalue weighted by molar-refractivity contribution is 5.80. The van der Waals surface area contributed by atoms with Gasteiger partial charge in [-0.25, -0.2) is 0 Å². The van der Waals surface area contributed by atoms with Crippen LogP contribution in [0.25, 0.3) is 0 Å². The molecule has 1 unspecified atom stereocenters. The molecule has 0 saturated heterocycles. The van der Waals surface area contributed by atoms with Crippen LogP contribution in [0.2, 0.25) is 0 Å². The van der Waals surface area contributed by atoms with Gasteiger partial charge in [-0.1, -0.05) is 104 Å². The lowest BCUT2D eigenvalue weighted by atomic mass is 9.94. The molecule has 0 N–H and O–H groups in total. The Kier molecular flexibility index (Phi) is 32.9. The van der Waals surface area contributed by atoms with Gasteiger partial charge in [0.25, 0.3) is 6.47 Å². The van der Waals surface area contributed by atoms with E-state index in [1.807, 2.05) is 0 Å². The van der Waals surface area contributed by atoms with Gasteiger partial charge in [0.1, 0.15) is 5.78 Å². The van der Waals surface area contributed by atoms with Crippen molar-refractivity contribution in [3.63, 3.8) is 0 Å². The van der Waals surface area contributed by atoms with Crippen molar-refractivity contribution in [1.29, 1.82) is 0 Å². The molecule has 0 aliphatic carbocycles. The maximum Gasteiger partial charge on any atom is 0.308 e. The standard InChI is InChI=1S/C38H71NO7/c1-4-6-8-10-11-17-25-36(24-16-9-7-5-2)38(43)46-33-22-15-13-19-29-39(28-18-12-14-21-31-44-34-40)30-20-23-32-45-37(42)27-26-35(3)41/h34,36H,4-33H2,1-3H3. The normalized spacial score (nSPS) is 11.8. The van der Waals surface area contributed by atoms with Gasteiger partial charge in [-0.2, -0.15) is 0 Å². The summed E-state index contributed by atoms with van der Waals surface area (Å²) in [5, 5.41) is 0. The second-order valence-corrected chi connectivity index (χ2v) is 13.0. The lowest BCUT2D eigenvalue weighted by molar-refractivity contribution is -0.149. The van der Waals surface area contributed by atoms with E-state index < -0.39 is 0 Å². The second kappa shape index (κ2) is 34.4. The van der Waals surface area contributed by atoms with Crippen LogP contribution in [-0.2, 0) is 33.4 Å². The zero-order valence-corrected chi connectivity index (χ0v) is 30.2. The first-order valence-corrected chi connectivity index (χ1v) is 19.0. The fourth-order valence-electron chi connectivity index (χ4n) is 5.68. The zero-order valence-electron chi connectivity index (χ0n) is 30.2. The molecular weight excluding hydrogens is 582 g/mol. The Bertz CT molecular complexity index is 730. The molecule has 0 spiro atoms. The van der Waals surface area contributed by atoms with Crippen molar-refractivity contribution < 1.29 is 33.4 Å². The number of carbonyl (C=O) groups is 4. The number of rotatable bonds is 36. The molecular formula is C38H71NO7. The van der Waals surface area contributed by atoms with Gasteiger partial charge in [-0.05, 0) is 77.9 Å². The number of carbonyl (C=O) groups excluding carboxylic acids is 4. The molecule has 0 bridgehead atoms. The van der Waals surface area contributed by atoms with E-state index in [1.54, 1.807) is 0 Å². The Balaban J connectivity index is 4.37. The number of ketones is 1. The summed E-state index contributed by atoms with van der Waals surface area (Å²) in [5.74, 6) is -0.196. The largest absolute Gasteiger partial charge is 0.468 e. The molecule has 8 nitrogen and oxygen atoms in total. The summed E-state index contributed by atoms with van der Waals surface area (Å²) in [7, 11) is 0. The van der Waals surface area contributed by atoms with Crippen molar-refractivity contribution in [1.82, 2.24) is 4.90 Å². The van der Waals surface area contributed by atoms with E-state index in [0.717, 1.165) is 110 Å². The van der Waals surface area contributed by atoms with Gasteiger partial charge in [-0.3, -0.25) is 14.4 Å². The minimum atomic E-state index is -0.295. The third kappa shape index (κ3) is 30.7. The number of nitrogens with zero attached hydrogens (tertiary/aromatic N) is 1. The van der Waals surface area contributed by atoms with Gasteiger partial charge in [0, 0.05) is 6.42 Å². The summed E-state index contributed by atoms with van der Waals surface area (Å²) in [6, 6.07) is 0. The fourth-order valence-corrected chi connectivity index (χ4v) is 5.68. The average Bonchev–Trinajstić information content (AvgIpc) is 3.04. The molecule has 0 aliphatic heterocycles. The highest BCUT2D eigenvalue weighted by atomic mass is 16.5. The Morgan fingerprint density at radius 1 is 0.565 bits per heavy atom. The lowest BCUT2D eigenvalue weighted by Crippen LogP contribution is -2.27. The van der Waals surface area contributed by atoms with Gasteiger partial charge in [0.2, 0.25) is 0 Å². The number of hydrogen-bond donors (Lipinski definition) is 0. The third-order valence-corrected chi connectivity index (χ3v) is 8.63. The summed E-state index contributed by atoms with van der Waals surface area (Å²) in [6.07, 6.45) is 24.8. The smallest absolute Gasteiger partial charge is 0.308 e. The molecule has 46 heavy (non-hydrogen) atoms. The van der Waals surface area contributed by atoms with Crippen LogP contribution in [0.3, 0.4) is 0 Å². The monoisotopic (exact) mass is 654 g/mol. The van der Waals surface area contributed by atoms with Crippen LogP contribution < -0.4 is 0 Å². The number of unbranched alkanes of at least 4 members (excludes halogenated alkanes) is 15. The molecule has 1 atom stereocenters. The Hall–Kier alpha value is -1.96.